The number of rotatable bonds is 6. The minimum Gasteiger partial charge on any atom is -0.497 e. The predicted molar refractivity (Wildman–Crippen MR) is 102 cm³/mol. The zero-order valence-corrected chi connectivity index (χ0v) is 16.3. The van der Waals surface area contributed by atoms with Crippen molar-refractivity contribution in [2.75, 3.05) is 20.2 Å². The van der Waals surface area contributed by atoms with Crippen molar-refractivity contribution in [1.82, 2.24) is 10.6 Å². The largest absolute Gasteiger partial charge is 0.497 e. The standard InChI is InChI=1S/C17H15BrCl2N2O3/c1-25-11-3-4-13(18)12(9-11)17(24)22-7-6-21-16(23)10-2-5-14(19)15(20)8-10/h2-5,8-9H,6-7H2,1H3,(H,21,23)(H,22,24). The van der Waals surface area contributed by atoms with E-state index < -0.39 is 0 Å². The first-order valence-electron chi connectivity index (χ1n) is 7.27. The van der Waals surface area contributed by atoms with Crippen LogP contribution in [0.4, 0.5) is 0 Å². The van der Waals surface area contributed by atoms with Gasteiger partial charge in [0.2, 0.25) is 0 Å². The number of nitrogens with one attached hydrogen (secondary N) is 2. The van der Waals surface area contributed by atoms with E-state index >= 15 is 0 Å². The Morgan fingerprint density at radius 2 is 1.68 bits per heavy atom. The van der Waals surface area contributed by atoms with Gasteiger partial charge in [0.05, 0.1) is 22.7 Å². The number of ether oxygens (including phenoxy) is 1. The third-order valence-corrected chi connectivity index (χ3v) is 4.73. The molecule has 25 heavy (non-hydrogen) atoms. The van der Waals surface area contributed by atoms with Crippen LogP contribution in [-0.4, -0.2) is 32.0 Å². The smallest absolute Gasteiger partial charge is 0.252 e. The summed E-state index contributed by atoms with van der Waals surface area (Å²) in [6, 6.07) is 9.74. The molecular formula is C17H15BrCl2N2O3. The highest BCUT2D eigenvalue weighted by molar-refractivity contribution is 9.10. The first-order valence-corrected chi connectivity index (χ1v) is 8.82. The number of hydrogen-bond donors (Lipinski definition) is 2. The van der Waals surface area contributed by atoms with Crippen molar-refractivity contribution >= 4 is 50.9 Å². The summed E-state index contributed by atoms with van der Waals surface area (Å²) >= 11 is 15.0. The van der Waals surface area contributed by atoms with Crippen LogP contribution in [0.2, 0.25) is 10.0 Å². The van der Waals surface area contributed by atoms with E-state index in [0.29, 0.717) is 31.4 Å². The van der Waals surface area contributed by atoms with Gasteiger partial charge < -0.3 is 15.4 Å². The fraction of sp³-hybridized carbons (Fsp3) is 0.176. The third-order valence-electron chi connectivity index (χ3n) is 3.30. The molecule has 0 saturated carbocycles. The summed E-state index contributed by atoms with van der Waals surface area (Å²) in [5, 5.41) is 6.12. The van der Waals surface area contributed by atoms with Gasteiger partial charge in [0.15, 0.2) is 0 Å². The quantitative estimate of drug-likeness (QED) is 0.662. The molecule has 132 valence electrons. The average Bonchev–Trinajstić information content (AvgIpc) is 2.61. The van der Waals surface area contributed by atoms with Gasteiger partial charge in [-0.15, -0.1) is 0 Å². The molecule has 0 atom stereocenters. The molecule has 0 unspecified atom stereocenters. The normalized spacial score (nSPS) is 10.2. The van der Waals surface area contributed by atoms with Crippen molar-refractivity contribution in [1.29, 1.82) is 0 Å². The van der Waals surface area contributed by atoms with Crippen LogP contribution in [0.5, 0.6) is 5.75 Å². The van der Waals surface area contributed by atoms with Crippen LogP contribution >= 0.6 is 39.1 Å². The van der Waals surface area contributed by atoms with Gasteiger partial charge in [-0.25, -0.2) is 0 Å². The molecule has 0 aliphatic heterocycles. The van der Waals surface area contributed by atoms with Gasteiger partial charge in [0.25, 0.3) is 11.8 Å². The predicted octanol–water partition coefficient (Wildman–Crippen LogP) is 3.92. The average molecular weight is 446 g/mol. The molecule has 2 rings (SSSR count). The maximum Gasteiger partial charge on any atom is 0.252 e. The van der Waals surface area contributed by atoms with Crippen molar-refractivity contribution in [3.05, 3.63) is 62.0 Å². The zero-order valence-electron chi connectivity index (χ0n) is 13.2. The maximum absolute atomic E-state index is 12.2. The molecule has 8 heteroatoms. The van der Waals surface area contributed by atoms with Gasteiger partial charge in [0.1, 0.15) is 5.75 Å². The Labute approximate surface area is 163 Å². The van der Waals surface area contributed by atoms with E-state index in [1.807, 2.05) is 0 Å². The lowest BCUT2D eigenvalue weighted by atomic mass is 10.2. The number of hydrogen-bond acceptors (Lipinski definition) is 3. The lowest BCUT2D eigenvalue weighted by Gasteiger charge is -2.10. The molecule has 0 aromatic heterocycles. The second kappa shape index (κ2) is 9.08. The number of amides is 2. The van der Waals surface area contributed by atoms with Crippen LogP contribution in [0, 0.1) is 0 Å². The number of carbonyl (C=O) groups is 2. The molecule has 2 aromatic rings. The maximum atomic E-state index is 12.2. The highest BCUT2D eigenvalue weighted by atomic mass is 79.9. The lowest BCUT2D eigenvalue weighted by Crippen LogP contribution is -2.34. The molecule has 0 radical (unpaired) electrons. The second-order valence-corrected chi connectivity index (χ2v) is 6.66. The van der Waals surface area contributed by atoms with Crippen LogP contribution in [-0.2, 0) is 0 Å². The van der Waals surface area contributed by atoms with E-state index in [9.17, 15) is 9.59 Å². The van der Waals surface area contributed by atoms with Gasteiger partial charge >= 0.3 is 0 Å². The molecule has 0 fully saturated rings. The minimum absolute atomic E-state index is 0.269. The fourth-order valence-corrected chi connectivity index (χ4v) is 2.72. The SMILES string of the molecule is COc1ccc(Br)c(C(=O)NCCNC(=O)c2ccc(Cl)c(Cl)c2)c1. The van der Waals surface area contributed by atoms with Gasteiger partial charge in [-0.3, -0.25) is 9.59 Å². The van der Waals surface area contributed by atoms with E-state index in [0.717, 1.165) is 0 Å². The highest BCUT2D eigenvalue weighted by Gasteiger charge is 2.11. The summed E-state index contributed by atoms with van der Waals surface area (Å²) in [6.07, 6.45) is 0. The molecule has 0 aliphatic rings. The Morgan fingerprint density at radius 3 is 2.32 bits per heavy atom. The molecular weight excluding hydrogens is 431 g/mol. The van der Waals surface area contributed by atoms with Crippen molar-refractivity contribution in [2.45, 2.75) is 0 Å². The Bertz CT molecular complexity index is 799. The molecule has 2 N–H and O–H groups in total. The van der Waals surface area contributed by atoms with Gasteiger partial charge in [-0.05, 0) is 52.3 Å². The van der Waals surface area contributed by atoms with E-state index in [-0.39, 0.29) is 24.9 Å². The Morgan fingerprint density at radius 1 is 1.00 bits per heavy atom. The molecule has 5 nitrogen and oxygen atoms in total. The fourth-order valence-electron chi connectivity index (χ4n) is 1.99. The van der Waals surface area contributed by atoms with Crippen molar-refractivity contribution in [2.24, 2.45) is 0 Å². The van der Waals surface area contributed by atoms with Crippen LogP contribution in [0.3, 0.4) is 0 Å². The third kappa shape index (κ3) is 5.36. The molecule has 0 spiro atoms. The lowest BCUT2D eigenvalue weighted by molar-refractivity contribution is 0.0927. The Kier molecular flexibility index (Phi) is 7.11. The summed E-state index contributed by atoms with van der Waals surface area (Å²) in [5.41, 5.74) is 0.853. The van der Waals surface area contributed by atoms with Crippen LogP contribution in [0.1, 0.15) is 20.7 Å². The number of carbonyl (C=O) groups excluding carboxylic acids is 2. The summed E-state index contributed by atoms with van der Waals surface area (Å²) < 4.78 is 5.76. The number of halogens is 3. The van der Waals surface area contributed by atoms with Crippen molar-refractivity contribution < 1.29 is 14.3 Å². The summed E-state index contributed by atoms with van der Waals surface area (Å²) in [6.45, 7) is 0.544. The Balaban J connectivity index is 1.85. The van der Waals surface area contributed by atoms with E-state index in [1.54, 1.807) is 30.3 Å². The zero-order chi connectivity index (χ0) is 18.4. The molecule has 0 bridgehead atoms. The van der Waals surface area contributed by atoms with E-state index in [4.69, 9.17) is 27.9 Å². The summed E-state index contributed by atoms with van der Waals surface area (Å²) in [4.78, 5) is 24.2. The van der Waals surface area contributed by atoms with E-state index in [2.05, 4.69) is 26.6 Å². The van der Waals surface area contributed by atoms with Crippen molar-refractivity contribution in [3.63, 3.8) is 0 Å². The second-order valence-electron chi connectivity index (χ2n) is 4.99. The van der Waals surface area contributed by atoms with Gasteiger partial charge in [-0.1, -0.05) is 23.2 Å². The molecule has 0 heterocycles. The first-order chi connectivity index (χ1) is 11.9. The number of benzene rings is 2. The highest BCUT2D eigenvalue weighted by Crippen LogP contribution is 2.23. The van der Waals surface area contributed by atoms with Crippen LogP contribution < -0.4 is 15.4 Å². The van der Waals surface area contributed by atoms with Gasteiger partial charge in [0, 0.05) is 23.1 Å². The van der Waals surface area contributed by atoms with Gasteiger partial charge in [-0.2, -0.15) is 0 Å². The van der Waals surface area contributed by atoms with Crippen LogP contribution in [0.15, 0.2) is 40.9 Å². The Hall–Kier alpha value is -1.76. The van der Waals surface area contributed by atoms with Crippen molar-refractivity contribution in [3.8, 4) is 5.75 Å². The number of methoxy groups -OCH3 is 1. The topological polar surface area (TPSA) is 67.4 Å². The minimum atomic E-state index is -0.296. The summed E-state index contributed by atoms with van der Waals surface area (Å²) in [7, 11) is 1.53. The molecule has 0 aliphatic carbocycles. The first kappa shape index (κ1) is 19.6. The monoisotopic (exact) mass is 444 g/mol. The molecule has 2 amide bonds. The molecule has 2 aromatic carbocycles. The van der Waals surface area contributed by atoms with E-state index in [1.165, 1.54) is 13.2 Å². The molecule has 0 saturated heterocycles. The van der Waals surface area contributed by atoms with Crippen LogP contribution in [0.25, 0.3) is 0 Å². The summed E-state index contributed by atoms with van der Waals surface area (Å²) in [5.74, 6) is 0.0196.